The summed E-state index contributed by atoms with van der Waals surface area (Å²) in [7, 11) is 0. The van der Waals surface area contributed by atoms with E-state index < -0.39 is 0 Å². The predicted octanol–water partition coefficient (Wildman–Crippen LogP) is 4.06. The maximum atomic E-state index is 12.7. The van der Waals surface area contributed by atoms with Gasteiger partial charge in [0, 0.05) is 19.5 Å². The van der Waals surface area contributed by atoms with Gasteiger partial charge in [-0.25, -0.2) is 0 Å². The molecule has 1 aliphatic rings. The van der Waals surface area contributed by atoms with Crippen molar-refractivity contribution in [1.82, 2.24) is 10.2 Å². The van der Waals surface area contributed by atoms with Crippen molar-refractivity contribution in [2.45, 2.75) is 45.6 Å². The van der Waals surface area contributed by atoms with Gasteiger partial charge < -0.3 is 10.2 Å². The molecule has 0 radical (unpaired) electrons. The van der Waals surface area contributed by atoms with Gasteiger partial charge >= 0.3 is 0 Å². The first-order valence-corrected chi connectivity index (χ1v) is 9.65. The summed E-state index contributed by atoms with van der Waals surface area (Å²) in [5, 5.41) is 5.53. The van der Waals surface area contributed by atoms with Crippen LogP contribution in [0.25, 0.3) is 10.8 Å². The fourth-order valence-electron chi connectivity index (χ4n) is 3.68. The Balaban J connectivity index is 1.63. The van der Waals surface area contributed by atoms with Crippen LogP contribution in [0.3, 0.4) is 0 Å². The van der Waals surface area contributed by atoms with Gasteiger partial charge in [-0.2, -0.15) is 0 Å². The number of hydrogen-bond donors (Lipinski definition) is 1. The molecule has 0 bridgehead atoms. The van der Waals surface area contributed by atoms with E-state index >= 15 is 0 Å². The SMILES string of the molecule is CCCC(=O)N1CCCC(C(=O)NC(C)c2ccc3ccccc3c2)C1. The molecule has 0 spiro atoms. The highest BCUT2D eigenvalue weighted by Crippen LogP contribution is 2.22. The number of piperidine rings is 1. The van der Waals surface area contributed by atoms with Crippen LogP contribution in [0.5, 0.6) is 0 Å². The van der Waals surface area contributed by atoms with Crippen molar-refractivity contribution in [2.75, 3.05) is 13.1 Å². The lowest BCUT2D eigenvalue weighted by molar-refractivity contribution is -0.135. The summed E-state index contributed by atoms with van der Waals surface area (Å²) in [6.45, 7) is 5.36. The van der Waals surface area contributed by atoms with E-state index in [1.165, 1.54) is 10.8 Å². The van der Waals surface area contributed by atoms with Gasteiger partial charge in [0.05, 0.1) is 12.0 Å². The Morgan fingerprint density at radius 2 is 1.96 bits per heavy atom. The third-order valence-corrected chi connectivity index (χ3v) is 5.24. The number of carbonyl (C=O) groups excluding carboxylic acids is 2. The summed E-state index contributed by atoms with van der Waals surface area (Å²) >= 11 is 0. The molecule has 2 unspecified atom stereocenters. The molecule has 26 heavy (non-hydrogen) atoms. The first-order valence-electron chi connectivity index (χ1n) is 9.65. The van der Waals surface area contributed by atoms with E-state index in [0.29, 0.717) is 13.0 Å². The van der Waals surface area contributed by atoms with Crippen molar-refractivity contribution in [3.8, 4) is 0 Å². The third kappa shape index (κ3) is 4.24. The second-order valence-corrected chi connectivity index (χ2v) is 7.27. The van der Waals surface area contributed by atoms with Gasteiger partial charge in [-0.1, -0.05) is 43.3 Å². The molecule has 2 amide bonds. The molecule has 1 N–H and O–H groups in total. The van der Waals surface area contributed by atoms with Gasteiger partial charge in [-0.15, -0.1) is 0 Å². The van der Waals surface area contributed by atoms with Crippen molar-refractivity contribution in [1.29, 1.82) is 0 Å². The van der Waals surface area contributed by atoms with Crippen LogP contribution >= 0.6 is 0 Å². The maximum Gasteiger partial charge on any atom is 0.225 e. The van der Waals surface area contributed by atoms with Gasteiger partial charge in [-0.05, 0) is 48.6 Å². The van der Waals surface area contributed by atoms with E-state index in [-0.39, 0.29) is 23.8 Å². The number of nitrogens with one attached hydrogen (secondary N) is 1. The number of hydrogen-bond acceptors (Lipinski definition) is 2. The van der Waals surface area contributed by atoms with Crippen molar-refractivity contribution in [2.24, 2.45) is 5.92 Å². The molecule has 4 nitrogen and oxygen atoms in total. The number of nitrogens with zero attached hydrogens (tertiary/aromatic N) is 1. The molecule has 4 heteroatoms. The minimum Gasteiger partial charge on any atom is -0.349 e. The van der Waals surface area contributed by atoms with Crippen LogP contribution in [0, 0.1) is 5.92 Å². The van der Waals surface area contributed by atoms with E-state index in [1.807, 2.05) is 30.9 Å². The molecule has 2 atom stereocenters. The number of amides is 2. The van der Waals surface area contributed by atoms with Gasteiger partial charge in [0.25, 0.3) is 0 Å². The third-order valence-electron chi connectivity index (χ3n) is 5.24. The smallest absolute Gasteiger partial charge is 0.225 e. The zero-order valence-electron chi connectivity index (χ0n) is 15.7. The number of fused-ring (bicyclic) bond motifs is 1. The Morgan fingerprint density at radius 1 is 1.19 bits per heavy atom. The molecular weight excluding hydrogens is 324 g/mol. The second kappa shape index (κ2) is 8.35. The fourth-order valence-corrected chi connectivity index (χ4v) is 3.68. The Hall–Kier alpha value is -2.36. The zero-order chi connectivity index (χ0) is 18.5. The lowest BCUT2D eigenvalue weighted by Gasteiger charge is -2.32. The molecule has 138 valence electrons. The summed E-state index contributed by atoms with van der Waals surface area (Å²) in [6, 6.07) is 14.5. The maximum absolute atomic E-state index is 12.7. The van der Waals surface area contributed by atoms with Crippen LogP contribution in [0.2, 0.25) is 0 Å². The Morgan fingerprint density at radius 3 is 2.73 bits per heavy atom. The van der Waals surface area contributed by atoms with Crippen LogP contribution in [-0.4, -0.2) is 29.8 Å². The summed E-state index contributed by atoms with van der Waals surface area (Å²) in [6.07, 6.45) is 3.18. The second-order valence-electron chi connectivity index (χ2n) is 7.27. The topological polar surface area (TPSA) is 49.4 Å². The molecular formula is C22H28N2O2. The van der Waals surface area contributed by atoms with Crippen molar-refractivity contribution in [3.63, 3.8) is 0 Å². The van der Waals surface area contributed by atoms with Gasteiger partial charge in [0.1, 0.15) is 0 Å². The molecule has 1 aliphatic heterocycles. The van der Waals surface area contributed by atoms with E-state index in [1.54, 1.807) is 0 Å². The average Bonchev–Trinajstić information content (AvgIpc) is 2.67. The van der Waals surface area contributed by atoms with Crippen molar-refractivity contribution in [3.05, 3.63) is 48.0 Å². The Kier molecular flexibility index (Phi) is 5.92. The van der Waals surface area contributed by atoms with E-state index in [4.69, 9.17) is 0 Å². The molecule has 0 aliphatic carbocycles. The van der Waals surface area contributed by atoms with Crippen molar-refractivity contribution < 1.29 is 9.59 Å². The van der Waals surface area contributed by atoms with Gasteiger partial charge in [-0.3, -0.25) is 9.59 Å². The molecule has 1 fully saturated rings. The molecule has 0 aromatic heterocycles. The monoisotopic (exact) mass is 352 g/mol. The lowest BCUT2D eigenvalue weighted by atomic mass is 9.95. The first kappa shape index (κ1) is 18.4. The largest absolute Gasteiger partial charge is 0.349 e. The minimum absolute atomic E-state index is 0.0474. The molecule has 1 heterocycles. The first-order chi connectivity index (χ1) is 12.6. The fraction of sp³-hybridized carbons (Fsp3) is 0.455. The standard InChI is InChI=1S/C22H28N2O2/c1-3-7-21(25)24-13-6-10-20(15-24)22(26)23-16(2)18-12-11-17-8-4-5-9-19(17)14-18/h4-5,8-9,11-12,14,16,20H,3,6-7,10,13,15H2,1-2H3,(H,23,26). The lowest BCUT2D eigenvalue weighted by Crippen LogP contribution is -2.45. The van der Waals surface area contributed by atoms with E-state index in [0.717, 1.165) is 31.4 Å². The average molecular weight is 352 g/mol. The van der Waals surface area contributed by atoms with Crippen LogP contribution in [0.15, 0.2) is 42.5 Å². The van der Waals surface area contributed by atoms with Crippen LogP contribution in [-0.2, 0) is 9.59 Å². The predicted molar refractivity (Wildman–Crippen MR) is 105 cm³/mol. The molecule has 3 rings (SSSR count). The summed E-state index contributed by atoms with van der Waals surface area (Å²) in [5.41, 5.74) is 1.10. The van der Waals surface area contributed by atoms with Crippen molar-refractivity contribution >= 4 is 22.6 Å². The Labute approximate surface area is 155 Å². The zero-order valence-corrected chi connectivity index (χ0v) is 15.7. The number of benzene rings is 2. The quantitative estimate of drug-likeness (QED) is 0.882. The number of carbonyl (C=O) groups is 2. The van der Waals surface area contributed by atoms with Gasteiger partial charge in [0.2, 0.25) is 11.8 Å². The summed E-state index contributed by atoms with van der Waals surface area (Å²) in [4.78, 5) is 26.7. The molecule has 0 saturated carbocycles. The van der Waals surface area contributed by atoms with Crippen LogP contribution < -0.4 is 5.32 Å². The summed E-state index contributed by atoms with van der Waals surface area (Å²) < 4.78 is 0. The van der Waals surface area contributed by atoms with Crippen LogP contribution in [0.4, 0.5) is 0 Å². The van der Waals surface area contributed by atoms with Gasteiger partial charge in [0.15, 0.2) is 0 Å². The minimum atomic E-state index is -0.104. The molecule has 2 aromatic rings. The number of likely N-dealkylation sites (tertiary alicyclic amines) is 1. The normalized spacial score (nSPS) is 18.5. The molecule has 1 saturated heterocycles. The molecule has 2 aromatic carbocycles. The van der Waals surface area contributed by atoms with Crippen LogP contribution in [0.1, 0.15) is 51.1 Å². The van der Waals surface area contributed by atoms with E-state index in [2.05, 4.69) is 35.6 Å². The van der Waals surface area contributed by atoms with E-state index in [9.17, 15) is 9.59 Å². The highest BCUT2D eigenvalue weighted by molar-refractivity contribution is 5.84. The summed E-state index contributed by atoms with van der Waals surface area (Å²) in [5.74, 6) is 0.125. The Bertz CT molecular complexity index is 787. The highest BCUT2D eigenvalue weighted by Gasteiger charge is 2.28. The number of rotatable bonds is 5. The highest BCUT2D eigenvalue weighted by atomic mass is 16.2.